The van der Waals surface area contributed by atoms with Crippen molar-refractivity contribution in [3.8, 4) is 0 Å². The highest BCUT2D eigenvalue weighted by Crippen LogP contribution is 2.41. The fourth-order valence-electron chi connectivity index (χ4n) is 3.49. The van der Waals surface area contributed by atoms with Gasteiger partial charge in [-0.25, -0.2) is 4.98 Å². The third-order valence-electron chi connectivity index (χ3n) is 4.44. The van der Waals surface area contributed by atoms with Crippen molar-refractivity contribution in [1.29, 1.82) is 0 Å². The Labute approximate surface area is 137 Å². The van der Waals surface area contributed by atoms with Crippen LogP contribution in [-0.2, 0) is 4.79 Å². The van der Waals surface area contributed by atoms with E-state index in [1.807, 2.05) is 35.2 Å². The second kappa shape index (κ2) is 5.48. The molecule has 0 unspecified atom stereocenters. The van der Waals surface area contributed by atoms with Crippen LogP contribution in [0.15, 0.2) is 53.1 Å². The minimum atomic E-state index is -0.0528. The van der Waals surface area contributed by atoms with E-state index >= 15 is 0 Å². The molecule has 0 radical (unpaired) electrons. The minimum absolute atomic E-state index is 0.00403. The van der Waals surface area contributed by atoms with E-state index in [4.69, 9.17) is 0 Å². The standard InChI is InChI=1S/C17H16BrN3O/c18-13-8-6-12(7-9-13)16-20-11-3-4-14(20)17(22)21(16)15-5-1-2-10-19-15/h1-2,5-10,14,16H,3-4,11H2/t14-,16+/m0/s1. The molecular formula is C17H16BrN3O. The van der Waals surface area contributed by atoms with Gasteiger partial charge in [0.25, 0.3) is 0 Å². The number of aromatic nitrogens is 1. The first-order chi connectivity index (χ1) is 10.8. The Morgan fingerprint density at radius 1 is 1.14 bits per heavy atom. The maximum absolute atomic E-state index is 12.9. The van der Waals surface area contributed by atoms with Crippen molar-refractivity contribution < 1.29 is 4.79 Å². The predicted octanol–water partition coefficient (Wildman–Crippen LogP) is 3.35. The number of halogens is 1. The molecule has 2 atom stereocenters. The Bertz CT molecular complexity index is 689. The van der Waals surface area contributed by atoms with Gasteiger partial charge >= 0.3 is 0 Å². The van der Waals surface area contributed by atoms with Gasteiger partial charge in [-0.1, -0.05) is 34.1 Å². The monoisotopic (exact) mass is 357 g/mol. The average Bonchev–Trinajstić information content (AvgIpc) is 3.12. The van der Waals surface area contributed by atoms with E-state index in [1.54, 1.807) is 6.20 Å². The number of hydrogen-bond donors (Lipinski definition) is 0. The highest BCUT2D eigenvalue weighted by Gasteiger charge is 2.49. The van der Waals surface area contributed by atoms with Crippen LogP contribution in [0.1, 0.15) is 24.6 Å². The van der Waals surface area contributed by atoms with Crippen LogP contribution in [0, 0.1) is 0 Å². The van der Waals surface area contributed by atoms with Crippen LogP contribution in [0.25, 0.3) is 0 Å². The zero-order valence-electron chi connectivity index (χ0n) is 12.0. The first-order valence-corrected chi connectivity index (χ1v) is 8.30. The number of amides is 1. The molecule has 1 amide bonds. The van der Waals surface area contributed by atoms with Crippen LogP contribution in [-0.4, -0.2) is 28.4 Å². The summed E-state index contributed by atoms with van der Waals surface area (Å²) < 4.78 is 1.04. The second-order valence-electron chi connectivity index (χ2n) is 5.72. The number of carbonyl (C=O) groups is 1. The Kier molecular flexibility index (Phi) is 3.47. The lowest BCUT2D eigenvalue weighted by molar-refractivity contribution is -0.119. The van der Waals surface area contributed by atoms with E-state index in [9.17, 15) is 4.79 Å². The van der Waals surface area contributed by atoms with Crippen molar-refractivity contribution in [3.63, 3.8) is 0 Å². The highest BCUT2D eigenvalue weighted by molar-refractivity contribution is 9.10. The number of carbonyl (C=O) groups excluding carboxylic acids is 1. The molecule has 4 nitrogen and oxygen atoms in total. The lowest BCUT2D eigenvalue weighted by Gasteiger charge is -2.29. The molecule has 0 bridgehead atoms. The number of fused-ring (bicyclic) bond motifs is 1. The summed E-state index contributed by atoms with van der Waals surface area (Å²) in [6, 6.07) is 13.9. The number of hydrogen-bond acceptors (Lipinski definition) is 3. The maximum atomic E-state index is 12.9. The summed E-state index contributed by atoms with van der Waals surface area (Å²) in [5, 5.41) is 0. The van der Waals surface area contributed by atoms with Crippen molar-refractivity contribution in [1.82, 2.24) is 9.88 Å². The van der Waals surface area contributed by atoms with E-state index in [2.05, 4.69) is 37.9 Å². The summed E-state index contributed by atoms with van der Waals surface area (Å²) in [4.78, 5) is 21.4. The van der Waals surface area contributed by atoms with Crippen LogP contribution >= 0.6 is 15.9 Å². The lowest BCUT2D eigenvalue weighted by atomic mass is 10.1. The van der Waals surface area contributed by atoms with Crippen molar-refractivity contribution in [2.75, 3.05) is 11.4 Å². The number of benzene rings is 1. The Morgan fingerprint density at radius 2 is 1.95 bits per heavy atom. The molecule has 112 valence electrons. The Hall–Kier alpha value is -1.72. The Morgan fingerprint density at radius 3 is 2.68 bits per heavy atom. The molecule has 0 spiro atoms. The van der Waals surface area contributed by atoms with Crippen LogP contribution in [0.2, 0.25) is 0 Å². The van der Waals surface area contributed by atoms with E-state index in [-0.39, 0.29) is 18.1 Å². The molecule has 5 heteroatoms. The smallest absolute Gasteiger partial charge is 0.247 e. The highest BCUT2D eigenvalue weighted by atomic mass is 79.9. The summed E-state index contributed by atoms with van der Waals surface area (Å²) in [7, 11) is 0. The normalized spacial score (nSPS) is 24.8. The Balaban J connectivity index is 1.80. The van der Waals surface area contributed by atoms with Gasteiger partial charge in [-0.15, -0.1) is 0 Å². The molecule has 0 aliphatic carbocycles. The molecule has 1 aromatic heterocycles. The van der Waals surface area contributed by atoms with Gasteiger partial charge in [0.15, 0.2) is 0 Å². The van der Waals surface area contributed by atoms with E-state index in [0.29, 0.717) is 0 Å². The zero-order chi connectivity index (χ0) is 15.1. The van der Waals surface area contributed by atoms with Gasteiger partial charge in [0.1, 0.15) is 12.0 Å². The summed E-state index contributed by atoms with van der Waals surface area (Å²) in [5.74, 6) is 0.902. The fourth-order valence-corrected chi connectivity index (χ4v) is 3.75. The summed E-state index contributed by atoms with van der Waals surface area (Å²) in [6.45, 7) is 0.959. The summed E-state index contributed by atoms with van der Waals surface area (Å²) in [5.41, 5.74) is 1.13. The van der Waals surface area contributed by atoms with Gasteiger partial charge in [0.05, 0.1) is 6.04 Å². The topological polar surface area (TPSA) is 36.4 Å². The largest absolute Gasteiger partial charge is 0.275 e. The van der Waals surface area contributed by atoms with E-state index in [1.165, 1.54) is 0 Å². The molecule has 2 fully saturated rings. The SMILES string of the molecule is O=C1[C@@H]2CCCN2[C@@H](c2ccc(Br)cc2)N1c1ccccn1. The van der Waals surface area contributed by atoms with Gasteiger partial charge in [-0.2, -0.15) is 0 Å². The van der Waals surface area contributed by atoms with E-state index < -0.39 is 0 Å². The number of rotatable bonds is 2. The lowest BCUT2D eigenvalue weighted by Crippen LogP contribution is -2.32. The van der Waals surface area contributed by atoms with Gasteiger partial charge in [-0.05, 0) is 42.7 Å². The van der Waals surface area contributed by atoms with E-state index in [0.717, 1.165) is 35.2 Å². The number of anilines is 1. The molecule has 3 heterocycles. The molecular weight excluding hydrogens is 342 g/mol. The summed E-state index contributed by atoms with van der Waals surface area (Å²) >= 11 is 3.48. The molecule has 2 aliphatic rings. The second-order valence-corrected chi connectivity index (χ2v) is 6.63. The molecule has 0 N–H and O–H groups in total. The predicted molar refractivity (Wildman–Crippen MR) is 88.3 cm³/mol. The third kappa shape index (κ3) is 2.16. The molecule has 22 heavy (non-hydrogen) atoms. The molecule has 0 saturated carbocycles. The maximum Gasteiger partial charge on any atom is 0.247 e. The van der Waals surface area contributed by atoms with Crippen LogP contribution in [0.4, 0.5) is 5.82 Å². The van der Waals surface area contributed by atoms with Crippen molar-refractivity contribution in [3.05, 3.63) is 58.7 Å². The zero-order valence-corrected chi connectivity index (χ0v) is 13.6. The van der Waals surface area contributed by atoms with Crippen molar-refractivity contribution in [2.24, 2.45) is 0 Å². The van der Waals surface area contributed by atoms with Gasteiger partial charge in [0, 0.05) is 17.2 Å². The third-order valence-corrected chi connectivity index (χ3v) is 4.97. The number of nitrogens with zero attached hydrogens (tertiary/aromatic N) is 3. The first-order valence-electron chi connectivity index (χ1n) is 7.51. The summed E-state index contributed by atoms with van der Waals surface area (Å²) in [6.07, 6.45) is 3.71. The quantitative estimate of drug-likeness (QED) is 0.826. The fraction of sp³-hybridized carbons (Fsp3) is 0.294. The molecule has 2 aliphatic heterocycles. The molecule has 4 rings (SSSR count). The van der Waals surface area contributed by atoms with Gasteiger partial charge in [0.2, 0.25) is 5.91 Å². The molecule has 2 saturated heterocycles. The van der Waals surface area contributed by atoms with Crippen molar-refractivity contribution in [2.45, 2.75) is 25.0 Å². The van der Waals surface area contributed by atoms with Crippen molar-refractivity contribution >= 4 is 27.7 Å². The van der Waals surface area contributed by atoms with Gasteiger partial charge < -0.3 is 0 Å². The molecule has 1 aromatic carbocycles. The van der Waals surface area contributed by atoms with Crippen LogP contribution < -0.4 is 4.90 Å². The van der Waals surface area contributed by atoms with Gasteiger partial charge in [-0.3, -0.25) is 14.6 Å². The first kappa shape index (κ1) is 13.9. The molecule has 2 aromatic rings. The van der Waals surface area contributed by atoms with Crippen LogP contribution in [0.5, 0.6) is 0 Å². The average molecular weight is 358 g/mol. The van der Waals surface area contributed by atoms with Crippen LogP contribution in [0.3, 0.4) is 0 Å². The number of pyridine rings is 1. The minimum Gasteiger partial charge on any atom is -0.275 e.